The van der Waals surface area contributed by atoms with Crippen molar-refractivity contribution in [1.82, 2.24) is 0 Å². The lowest BCUT2D eigenvalue weighted by molar-refractivity contribution is -0.138. The molecule has 2 nitrogen and oxygen atoms in total. The first-order valence-electron chi connectivity index (χ1n) is 30.0. The Balaban J connectivity index is 0.900. The predicted octanol–water partition coefficient (Wildman–Crippen LogP) is 23.1. The van der Waals surface area contributed by atoms with Crippen molar-refractivity contribution in [1.29, 1.82) is 0 Å². The molecule has 0 saturated carbocycles. The van der Waals surface area contributed by atoms with Crippen molar-refractivity contribution in [3.05, 3.63) is 348 Å². The largest absolute Gasteiger partial charge is 0.416 e. The van der Waals surface area contributed by atoms with E-state index in [9.17, 15) is 0 Å². The van der Waals surface area contributed by atoms with Crippen LogP contribution in [-0.2, 0) is 12.4 Å². The van der Waals surface area contributed by atoms with E-state index in [2.05, 4.69) is 170 Å². The quantitative estimate of drug-likeness (QED) is 0.126. The first-order chi connectivity index (χ1) is 43.9. The lowest BCUT2D eigenvalue weighted by Gasteiger charge is -2.44. The zero-order valence-corrected chi connectivity index (χ0v) is 48.2. The summed E-state index contributed by atoms with van der Waals surface area (Å²) in [4.78, 5) is 4.03. The number of allylic oxidation sites excluding steroid dienone is 10. The van der Waals surface area contributed by atoms with Crippen LogP contribution in [0.1, 0.15) is 11.1 Å². The summed E-state index contributed by atoms with van der Waals surface area (Å²) in [6.45, 7) is 0. The van der Waals surface area contributed by atoms with Gasteiger partial charge in [0.15, 0.2) is 0 Å². The Bertz CT molecular complexity index is 5180. The van der Waals surface area contributed by atoms with Crippen LogP contribution >= 0.6 is 0 Å². The number of halogens is 6. The van der Waals surface area contributed by atoms with Gasteiger partial charge < -0.3 is 9.80 Å². The second kappa shape index (κ2) is 21.4. The van der Waals surface area contributed by atoms with E-state index < -0.39 is 35.4 Å². The van der Waals surface area contributed by atoms with Gasteiger partial charge in [0.2, 0.25) is 0 Å². The average molecular weight is 1180 g/mol. The molecule has 0 N–H and O–H groups in total. The monoisotopic (exact) mass is 1180 g/mol. The summed E-state index contributed by atoms with van der Waals surface area (Å²) in [6.07, 6.45) is 7.27. The molecule has 432 valence electrons. The van der Waals surface area contributed by atoms with Gasteiger partial charge >= 0.3 is 12.4 Å². The summed E-state index contributed by atoms with van der Waals surface area (Å²) in [5.74, 6) is -0.434. The fourth-order valence-corrected chi connectivity index (χ4v) is 14.2. The molecule has 0 fully saturated rings. The van der Waals surface area contributed by atoms with Crippen LogP contribution in [0.3, 0.4) is 0 Å². The highest BCUT2D eigenvalue weighted by Gasteiger charge is 2.42. The Hall–Kier alpha value is -11.0. The van der Waals surface area contributed by atoms with Crippen molar-refractivity contribution < 1.29 is 26.3 Å². The SMILES string of the molecule is FC(F)(F)c1cccc(N(C2=C3C=CC4=C5C(=CC=C(C=C2)C35)C(N(c2cccc(C(F)(F)F)c2)c2ccc(-c3cccc5ccccc35)cc2-c2cccc3ccccc23)C=C4)c2ccc(-c3cccc4ccccc34)cc2-c2cccc3ccccc23)c1. The van der Waals surface area contributed by atoms with Crippen LogP contribution in [-0.4, -0.2) is 6.04 Å². The van der Waals surface area contributed by atoms with Gasteiger partial charge in [-0.25, -0.2) is 0 Å². The molecule has 16 rings (SSSR count). The zero-order chi connectivity index (χ0) is 60.8. The molecule has 0 bridgehead atoms. The van der Waals surface area contributed by atoms with E-state index in [0.29, 0.717) is 28.4 Å². The van der Waals surface area contributed by atoms with Crippen LogP contribution < -0.4 is 9.80 Å². The third-order valence-electron chi connectivity index (χ3n) is 18.2. The summed E-state index contributed by atoms with van der Waals surface area (Å²) >= 11 is 0. The van der Waals surface area contributed by atoms with Crippen molar-refractivity contribution >= 4 is 65.8 Å². The van der Waals surface area contributed by atoms with Crippen molar-refractivity contribution in [3.63, 3.8) is 0 Å². The van der Waals surface area contributed by atoms with Gasteiger partial charge in [-0.3, -0.25) is 0 Å². The highest BCUT2D eigenvalue weighted by Crippen LogP contribution is 2.55. The molecule has 12 aromatic rings. The second-order valence-electron chi connectivity index (χ2n) is 23.3. The molecule has 8 heteroatoms. The van der Waals surface area contributed by atoms with Gasteiger partial charge in [-0.2, -0.15) is 26.3 Å². The Morgan fingerprint density at radius 2 is 0.800 bits per heavy atom. The summed E-state index contributed by atoms with van der Waals surface area (Å²) < 4.78 is 90.9. The fraction of sp³-hybridized carbons (Fsp3) is 0.0488. The zero-order valence-electron chi connectivity index (χ0n) is 48.2. The maximum atomic E-state index is 15.2. The highest BCUT2D eigenvalue weighted by molar-refractivity contribution is 6.06. The van der Waals surface area contributed by atoms with Gasteiger partial charge in [-0.15, -0.1) is 0 Å². The molecule has 4 aliphatic carbocycles. The van der Waals surface area contributed by atoms with E-state index in [4.69, 9.17) is 0 Å². The van der Waals surface area contributed by atoms with Crippen LogP contribution in [0.4, 0.5) is 49.1 Å². The van der Waals surface area contributed by atoms with Crippen molar-refractivity contribution in [3.8, 4) is 44.5 Å². The predicted molar refractivity (Wildman–Crippen MR) is 357 cm³/mol. The third kappa shape index (κ3) is 9.28. The number of fused-ring (bicyclic) bond motifs is 4. The molecule has 4 aliphatic rings. The molecule has 90 heavy (non-hydrogen) atoms. The van der Waals surface area contributed by atoms with Gasteiger partial charge in [-0.1, -0.05) is 237 Å². The maximum absolute atomic E-state index is 15.2. The lowest BCUT2D eigenvalue weighted by Crippen LogP contribution is -2.37. The maximum Gasteiger partial charge on any atom is 0.416 e. The van der Waals surface area contributed by atoms with Crippen LogP contribution in [0.2, 0.25) is 0 Å². The number of hydrogen-bond acceptors (Lipinski definition) is 2. The Kier molecular flexibility index (Phi) is 13.0. The van der Waals surface area contributed by atoms with E-state index in [1.165, 1.54) is 24.3 Å². The van der Waals surface area contributed by atoms with E-state index in [-0.39, 0.29) is 0 Å². The molecule has 12 aromatic carbocycles. The minimum atomic E-state index is -4.65. The average Bonchev–Trinajstić information content (AvgIpc) is 0.821. The van der Waals surface area contributed by atoms with Gasteiger partial charge in [0.25, 0.3) is 0 Å². The van der Waals surface area contributed by atoms with Gasteiger partial charge in [0.05, 0.1) is 28.6 Å². The topological polar surface area (TPSA) is 6.48 Å². The molecule has 2 atom stereocenters. The minimum Gasteiger partial charge on any atom is -0.330 e. The molecule has 0 radical (unpaired) electrons. The number of alkyl halides is 6. The van der Waals surface area contributed by atoms with E-state index in [0.717, 1.165) is 128 Å². The molecule has 0 saturated heterocycles. The number of rotatable bonds is 10. The number of benzene rings is 12. The normalized spacial score (nSPS) is 16.0. The number of hydrogen-bond donors (Lipinski definition) is 0. The summed E-state index contributed by atoms with van der Waals surface area (Å²) in [5, 5.41) is 8.29. The second-order valence-corrected chi connectivity index (χ2v) is 23.3. The van der Waals surface area contributed by atoms with Crippen LogP contribution in [0, 0.1) is 5.92 Å². The van der Waals surface area contributed by atoms with Gasteiger partial charge in [0.1, 0.15) is 0 Å². The van der Waals surface area contributed by atoms with Crippen molar-refractivity contribution in [2.45, 2.75) is 18.4 Å². The molecular weight excluding hydrogens is 1130 g/mol. The Labute approximate surface area is 516 Å². The molecule has 0 aromatic heterocycles. The molecule has 0 heterocycles. The van der Waals surface area contributed by atoms with E-state index in [1.54, 1.807) is 12.1 Å². The lowest BCUT2D eigenvalue weighted by atomic mass is 9.67. The highest BCUT2D eigenvalue weighted by atomic mass is 19.4. The Morgan fingerprint density at radius 3 is 1.34 bits per heavy atom. The fourth-order valence-electron chi connectivity index (χ4n) is 14.2. The molecule has 0 aliphatic heterocycles. The van der Waals surface area contributed by atoms with Crippen LogP contribution in [0.15, 0.2) is 337 Å². The standard InChI is InChI=1S/C82H52F6N2/c83-81(84,85)59-23-13-25-61(49-59)89(77-45-39-57(67-31-9-19-51-15-1-5-27-63(51)67)47-73(77)69-33-11-21-53-17-3-7-29-65(53)69)75-43-37-55-36-42-72-76(44-38-56-35-41-71(75)79(55)80(56)72)90(62-26-14-24-60(50-62)82(86,87)88)78-46-40-58(68-32-10-20-52-16-2-6-28-64(52)68)48-74(78)70-34-12-22-54-18-4-8-30-66(54)70/h1-50,75,80H. The number of nitrogens with zero attached hydrogens (tertiary/aromatic N) is 2. The van der Waals surface area contributed by atoms with Crippen LogP contribution in [0.5, 0.6) is 0 Å². The van der Waals surface area contributed by atoms with Crippen molar-refractivity contribution in [2.75, 3.05) is 9.80 Å². The van der Waals surface area contributed by atoms with Gasteiger partial charge in [-0.05, 0) is 171 Å². The van der Waals surface area contributed by atoms with Gasteiger partial charge in [0, 0.05) is 34.1 Å². The first-order valence-corrected chi connectivity index (χ1v) is 30.0. The number of anilines is 4. The Morgan fingerprint density at radius 1 is 0.344 bits per heavy atom. The molecule has 0 amide bonds. The van der Waals surface area contributed by atoms with Crippen LogP contribution in [0.25, 0.3) is 87.6 Å². The minimum absolute atomic E-state index is 0.314. The molecule has 0 spiro atoms. The smallest absolute Gasteiger partial charge is 0.330 e. The van der Waals surface area contributed by atoms with E-state index >= 15 is 26.3 Å². The van der Waals surface area contributed by atoms with E-state index in [1.807, 2.05) is 94.7 Å². The molecule has 2 unspecified atom stereocenters. The molecular formula is C82H52F6N2. The summed E-state index contributed by atoms with van der Waals surface area (Å²) in [5.41, 5.74) is 13.1. The third-order valence-corrected chi connectivity index (χ3v) is 18.2. The first kappa shape index (κ1) is 54.4. The summed E-state index contributed by atoms with van der Waals surface area (Å²) in [7, 11) is 0. The summed E-state index contributed by atoms with van der Waals surface area (Å²) in [6, 6.07) is 80.7. The van der Waals surface area contributed by atoms with Crippen molar-refractivity contribution in [2.24, 2.45) is 5.92 Å².